The Labute approximate surface area is 549 Å². The summed E-state index contributed by atoms with van der Waals surface area (Å²) in [5.74, 6) is -1.32. The summed E-state index contributed by atoms with van der Waals surface area (Å²) in [5, 5.41) is 10.6. The standard InChI is InChI=1S/C71H138O17P2/c1-6-9-12-15-17-19-21-23-29-33-36-40-45-50-55-69(74)82-61-67(88-71(76)57-52-47-42-38-34-30-27-25-24-26-28-31-35-39-44-48-53-64(4)5)63-86-90(79,80)84-59-65(72)58-83-89(77,78)85-62-66(60-81-68(73)54-49-43-14-11-8-3)87-70(75)56-51-46-41-37-32-22-20-18-16-13-10-7-2/h64-67,72H,6-63H2,1-5H3,(H,77,78)(H,79,80)/t65-,66+,67+/m0/s1. The summed E-state index contributed by atoms with van der Waals surface area (Å²) in [6.45, 7) is 7.20. The monoisotopic (exact) mass is 1320 g/mol. The summed E-state index contributed by atoms with van der Waals surface area (Å²) in [6, 6.07) is 0. The van der Waals surface area contributed by atoms with E-state index in [4.69, 9.17) is 37.0 Å². The minimum absolute atomic E-state index is 0.107. The number of phosphoric acid groups is 2. The van der Waals surface area contributed by atoms with Gasteiger partial charge in [-0.3, -0.25) is 37.3 Å². The van der Waals surface area contributed by atoms with E-state index in [0.717, 1.165) is 102 Å². The molecule has 0 aliphatic carbocycles. The number of unbranched alkanes of at least 4 members (excludes halogenated alkanes) is 43. The van der Waals surface area contributed by atoms with Crippen LogP contribution in [0, 0.1) is 5.92 Å². The third-order valence-electron chi connectivity index (χ3n) is 16.5. The Bertz CT molecular complexity index is 1740. The van der Waals surface area contributed by atoms with Crippen molar-refractivity contribution in [1.82, 2.24) is 0 Å². The fraction of sp³-hybridized carbons (Fsp3) is 0.944. The van der Waals surface area contributed by atoms with Crippen molar-refractivity contribution in [2.24, 2.45) is 5.92 Å². The number of esters is 4. The molecule has 3 N–H and O–H groups in total. The first-order valence-electron chi connectivity index (χ1n) is 37.1. The number of carbonyl (C=O) groups excluding carboxylic acids is 4. The SMILES string of the molecule is CCCCCCCCCCCCCCCCC(=O)OC[C@H](COP(=O)(O)OC[C@@H](O)COP(=O)(O)OC[C@@H](COC(=O)CCCCCCC)OC(=O)CCCCCCCCCCCCCC)OC(=O)CCCCCCCCCCCCCCCCCCC(C)C. The van der Waals surface area contributed by atoms with Crippen molar-refractivity contribution in [3.8, 4) is 0 Å². The maximum atomic E-state index is 13.0. The molecule has 0 amide bonds. The van der Waals surface area contributed by atoms with Gasteiger partial charge in [0.05, 0.1) is 26.4 Å². The van der Waals surface area contributed by atoms with Crippen LogP contribution in [0.3, 0.4) is 0 Å². The Morgan fingerprint density at radius 1 is 0.300 bits per heavy atom. The van der Waals surface area contributed by atoms with E-state index in [1.165, 1.54) is 186 Å². The fourth-order valence-corrected chi connectivity index (χ4v) is 12.4. The average molecular weight is 1330 g/mol. The van der Waals surface area contributed by atoms with Gasteiger partial charge in [0.2, 0.25) is 0 Å². The molecule has 0 fully saturated rings. The summed E-state index contributed by atoms with van der Waals surface area (Å²) >= 11 is 0. The number of rotatable bonds is 71. The van der Waals surface area contributed by atoms with Crippen LogP contribution < -0.4 is 0 Å². The van der Waals surface area contributed by atoms with Crippen LogP contribution in [0.2, 0.25) is 0 Å². The van der Waals surface area contributed by atoms with E-state index < -0.39 is 97.5 Å². The van der Waals surface area contributed by atoms with Gasteiger partial charge in [0, 0.05) is 25.7 Å². The van der Waals surface area contributed by atoms with E-state index in [-0.39, 0.29) is 25.7 Å². The highest BCUT2D eigenvalue weighted by Gasteiger charge is 2.30. The van der Waals surface area contributed by atoms with Gasteiger partial charge in [-0.05, 0) is 31.6 Å². The Morgan fingerprint density at radius 3 is 0.756 bits per heavy atom. The number of carbonyl (C=O) groups is 4. The van der Waals surface area contributed by atoms with E-state index in [0.29, 0.717) is 25.7 Å². The molecule has 0 aliphatic rings. The second-order valence-corrected chi connectivity index (χ2v) is 29.0. The zero-order chi connectivity index (χ0) is 66.3. The van der Waals surface area contributed by atoms with E-state index in [2.05, 4.69) is 34.6 Å². The first-order chi connectivity index (χ1) is 43.5. The molecule has 0 saturated carbocycles. The zero-order valence-electron chi connectivity index (χ0n) is 58.3. The number of ether oxygens (including phenoxy) is 4. The van der Waals surface area contributed by atoms with E-state index in [1.54, 1.807) is 0 Å². The molecule has 0 aromatic rings. The lowest BCUT2D eigenvalue weighted by molar-refractivity contribution is -0.161. The average Bonchev–Trinajstić information content (AvgIpc) is 2.78. The molecule has 0 aromatic heterocycles. The molecular weight excluding hydrogens is 1190 g/mol. The largest absolute Gasteiger partial charge is 0.472 e. The van der Waals surface area contributed by atoms with Crippen LogP contribution in [-0.4, -0.2) is 96.7 Å². The number of hydrogen-bond acceptors (Lipinski definition) is 15. The molecule has 0 rings (SSSR count). The molecule has 19 heteroatoms. The Balaban J connectivity index is 5.14. The van der Waals surface area contributed by atoms with Gasteiger partial charge in [-0.2, -0.15) is 0 Å². The lowest BCUT2D eigenvalue weighted by Gasteiger charge is -2.21. The molecule has 0 aromatic carbocycles. The molecule has 17 nitrogen and oxygen atoms in total. The van der Waals surface area contributed by atoms with Crippen molar-refractivity contribution in [1.29, 1.82) is 0 Å². The first-order valence-corrected chi connectivity index (χ1v) is 40.1. The van der Waals surface area contributed by atoms with Crippen molar-refractivity contribution in [3.63, 3.8) is 0 Å². The van der Waals surface area contributed by atoms with Gasteiger partial charge in [0.15, 0.2) is 12.2 Å². The Kier molecular flexibility index (Phi) is 63.0. The number of phosphoric ester groups is 2. The topological polar surface area (TPSA) is 237 Å². The van der Waals surface area contributed by atoms with Gasteiger partial charge in [0.25, 0.3) is 0 Å². The fourth-order valence-electron chi connectivity index (χ4n) is 10.8. The molecule has 0 spiro atoms. The number of aliphatic hydroxyl groups is 1. The van der Waals surface area contributed by atoms with Gasteiger partial charge in [0.1, 0.15) is 19.3 Å². The van der Waals surface area contributed by atoms with Crippen LogP contribution in [0.1, 0.15) is 369 Å². The van der Waals surface area contributed by atoms with Gasteiger partial charge in [-0.15, -0.1) is 0 Å². The van der Waals surface area contributed by atoms with E-state index in [1.807, 2.05) is 0 Å². The molecule has 2 unspecified atom stereocenters. The maximum Gasteiger partial charge on any atom is 0.472 e. The summed E-state index contributed by atoms with van der Waals surface area (Å²) in [4.78, 5) is 72.3. The lowest BCUT2D eigenvalue weighted by Crippen LogP contribution is -2.30. The first kappa shape index (κ1) is 88.1. The molecular formula is C71H138O17P2. The third kappa shape index (κ3) is 64.8. The highest BCUT2D eigenvalue weighted by Crippen LogP contribution is 2.45. The summed E-state index contributed by atoms with van der Waals surface area (Å²) in [7, 11) is -9.89. The zero-order valence-corrected chi connectivity index (χ0v) is 60.1. The van der Waals surface area contributed by atoms with Crippen molar-refractivity contribution >= 4 is 39.5 Å². The van der Waals surface area contributed by atoms with Gasteiger partial charge in [-0.25, -0.2) is 9.13 Å². The molecule has 5 atom stereocenters. The molecule has 0 aliphatic heterocycles. The molecule has 0 heterocycles. The second-order valence-electron chi connectivity index (χ2n) is 26.1. The minimum atomic E-state index is -4.95. The van der Waals surface area contributed by atoms with Crippen LogP contribution in [0.4, 0.5) is 0 Å². The second kappa shape index (κ2) is 64.4. The third-order valence-corrected chi connectivity index (χ3v) is 18.4. The summed E-state index contributed by atoms with van der Waals surface area (Å²) in [6.07, 6.45) is 51.7. The van der Waals surface area contributed by atoms with Crippen LogP contribution in [-0.2, 0) is 65.4 Å². The van der Waals surface area contributed by atoms with Gasteiger partial charge < -0.3 is 33.8 Å². The summed E-state index contributed by atoms with van der Waals surface area (Å²) < 4.78 is 68.1. The predicted octanol–water partition coefficient (Wildman–Crippen LogP) is 20.5. The Hall–Kier alpha value is -1.94. The van der Waals surface area contributed by atoms with Gasteiger partial charge in [-0.1, -0.05) is 317 Å². The number of aliphatic hydroxyl groups excluding tert-OH is 1. The van der Waals surface area contributed by atoms with Crippen LogP contribution in [0.25, 0.3) is 0 Å². The smallest absolute Gasteiger partial charge is 0.462 e. The van der Waals surface area contributed by atoms with E-state index in [9.17, 15) is 43.2 Å². The normalized spacial score (nSPS) is 14.1. The molecule has 0 saturated heterocycles. The quantitative estimate of drug-likeness (QED) is 0.0222. The van der Waals surface area contributed by atoms with Crippen molar-refractivity contribution in [2.75, 3.05) is 39.6 Å². The van der Waals surface area contributed by atoms with Crippen LogP contribution >= 0.6 is 15.6 Å². The number of hydrogen-bond donors (Lipinski definition) is 3. The Morgan fingerprint density at radius 2 is 0.511 bits per heavy atom. The van der Waals surface area contributed by atoms with Crippen LogP contribution in [0.15, 0.2) is 0 Å². The highest BCUT2D eigenvalue weighted by atomic mass is 31.2. The van der Waals surface area contributed by atoms with Crippen LogP contribution in [0.5, 0.6) is 0 Å². The highest BCUT2D eigenvalue weighted by molar-refractivity contribution is 7.47. The van der Waals surface area contributed by atoms with Gasteiger partial charge >= 0.3 is 39.5 Å². The molecule has 90 heavy (non-hydrogen) atoms. The lowest BCUT2D eigenvalue weighted by atomic mass is 10.0. The summed E-state index contributed by atoms with van der Waals surface area (Å²) in [5.41, 5.74) is 0. The van der Waals surface area contributed by atoms with Crippen molar-refractivity contribution in [3.05, 3.63) is 0 Å². The molecule has 0 bridgehead atoms. The molecule has 0 radical (unpaired) electrons. The van der Waals surface area contributed by atoms with Crippen molar-refractivity contribution in [2.45, 2.75) is 387 Å². The van der Waals surface area contributed by atoms with E-state index >= 15 is 0 Å². The maximum absolute atomic E-state index is 13.0. The molecule has 534 valence electrons. The predicted molar refractivity (Wildman–Crippen MR) is 363 cm³/mol. The minimum Gasteiger partial charge on any atom is -0.462 e. The van der Waals surface area contributed by atoms with Crippen molar-refractivity contribution < 1.29 is 80.2 Å².